The maximum atomic E-state index is 13.7. The van der Waals surface area contributed by atoms with Crippen molar-refractivity contribution in [3.05, 3.63) is 76.4 Å². The van der Waals surface area contributed by atoms with Gasteiger partial charge in [-0.2, -0.15) is 5.10 Å². The van der Waals surface area contributed by atoms with Crippen LogP contribution in [0.4, 0.5) is 0 Å². The Labute approximate surface area is 215 Å². The SMILES string of the molecule is C=C/C(=C\C=C(/C)N1CCc2c(C(=N)N)nn(-c3ccc(OC)c(Cl)c3)c2C1=O)N1CCCCC1=O. The summed E-state index contributed by atoms with van der Waals surface area (Å²) >= 11 is 6.33. The minimum Gasteiger partial charge on any atom is -0.495 e. The van der Waals surface area contributed by atoms with E-state index in [0.29, 0.717) is 65.0 Å². The number of halogens is 1. The van der Waals surface area contributed by atoms with Gasteiger partial charge in [-0.25, -0.2) is 4.68 Å². The number of carbonyl (C=O) groups is 2. The van der Waals surface area contributed by atoms with Crippen LogP contribution in [0.5, 0.6) is 5.75 Å². The summed E-state index contributed by atoms with van der Waals surface area (Å²) in [5.74, 6) is 0.107. The zero-order valence-electron chi connectivity index (χ0n) is 20.4. The number of amidine groups is 1. The van der Waals surface area contributed by atoms with E-state index in [1.807, 2.05) is 19.1 Å². The van der Waals surface area contributed by atoms with Gasteiger partial charge in [-0.3, -0.25) is 15.0 Å². The third-order valence-electron chi connectivity index (χ3n) is 6.42. The summed E-state index contributed by atoms with van der Waals surface area (Å²) in [4.78, 5) is 29.4. The molecule has 2 aliphatic rings. The smallest absolute Gasteiger partial charge is 0.277 e. The van der Waals surface area contributed by atoms with Crippen LogP contribution in [0.25, 0.3) is 5.69 Å². The first-order chi connectivity index (χ1) is 17.3. The molecule has 2 aliphatic heterocycles. The van der Waals surface area contributed by atoms with Crippen molar-refractivity contribution in [1.29, 1.82) is 5.41 Å². The quantitative estimate of drug-likeness (QED) is 0.335. The van der Waals surface area contributed by atoms with E-state index in [1.54, 1.807) is 34.1 Å². The van der Waals surface area contributed by atoms with Gasteiger partial charge in [0.05, 0.1) is 17.8 Å². The zero-order valence-corrected chi connectivity index (χ0v) is 21.1. The van der Waals surface area contributed by atoms with E-state index in [1.165, 1.54) is 11.8 Å². The van der Waals surface area contributed by atoms with E-state index in [2.05, 4.69) is 11.7 Å². The summed E-state index contributed by atoms with van der Waals surface area (Å²) < 4.78 is 6.71. The maximum absolute atomic E-state index is 13.7. The fourth-order valence-corrected chi connectivity index (χ4v) is 4.78. The summed E-state index contributed by atoms with van der Waals surface area (Å²) in [6.45, 7) is 6.76. The zero-order chi connectivity index (χ0) is 26.0. The Morgan fingerprint density at radius 1 is 1.19 bits per heavy atom. The Kier molecular flexibility index (Phi) is 7.30. The predicted octanol–water partition coefficient (Wildman–Crippen LogP) is 3.80. The maximum Gasteiger partial charge on any atom is 0.277 e. The Morgan fingerprint density at radius 3 is 2.61 bits per heavy atom. The number of aromatic nitrogens is 2. The van der Waals surface area contributed by atoms with Gasteiger partial charge < -0.3 is 20.3 Å². The highest BCUT2D eigenvalue weighted by Gasteiger charge is 2.34. The van der Waals surface area contributed by atoms with Gasteiger partial charge in [-0.05, 0) is 62.6 Å². The molecule has 3 heterocycles. The fourth-order valence-electron chi connectivity index (χ4n) is 4.53. The lowest BCUT2D eigenvalue weighted by molar-refractivity contribution is -0.130. The second-order valence-corrected chi connectivity index (χ2v) is 9.04. The Hall–Kier alpha value is -3.85. The van der Waals surface area contributed by atoms with Gasteiger partial charge in [0.2, 0.25) is 5.91 Å². The number of likely N-dealkylation sites (tertiary alicyclic amines) is 1. The number of nitrogens with two attached hydrogens (primary N) is 1. The molecule has 0 unspecified atom stereocenters. The molecule has 1 fully saturated rings. The van der Waals surface area contributed by atoms with Crippen molar-refractivity contribution < 1.29 is 14.3 Å². The number of carbonyl (C=O) groups excluding carboxylic acids is 2. The lowest BCUT2D eigenvalue weighted by atomic mass is 10.0. The van der Waals surface area contributed by atoms with Gasteiger partial charge in [0.25, 0.3) is 5.91 Å². The van der Waals surface area contributed by atoms with E-state index >= 15 is 0 Å². The van der Waals surface area contributed by atoms with Crippen molar-refractivity contribution in [2.75, 3.05) is 20.2 Å². The molecule has 9 nitrogen and oxygen atoms in total. The first-order valence-corrected chi connectivity index (χ1v) is 12.1. The number of allylic oxidation sites excluding steroid dienone is 4. The van der Waals surface area contributed by atoms with Gasteiger partial charge in [0.15, 0.2) is 0 Å². The van der Waals surface area contributed by atoms with Crippen molar-refractivity contribution in [3.8, 4) is 11.4 Å². The molecule has 1 aromatic heterocycles. The molecule has 3 N–H and O–H groups in total. The second-order valence-electron chi connectivity index (χ2n) is 8.63. The molecule has 4 rings (SSSR count). The number of amides is 2. The summed E-state index contributed by atoms with van der Waals surface area (Å²) in [5, 5.41) is 12.8. The first-order valence-electron chi connectivity index (χ1n) is 11.7. The highest BCUT2D eigenvalue weighted by Crippen LogP contribution is 2.31. The van der Waals surface area contributed by atoms with Crippen molar-refractivity contribution in [2.24, 2.45) is 5.73 Å². The minimum atomic E-state index is -0.264. The molecule has 0 spiro atoms. The number of ether oxygens (including phenoxy) is 1. The number of methoxy groups -OCH3 is 1. The molecule has 1 aromatic carbocycles. The molecule has 0 atom stereocenters. The van der Waals surface area contributed by atoms with Crippen molar-refractivity contribution in [1.82, 2.24) is 19.6 Å². The normalized spacial score (nSPS) is 16.8. The van der Waals surface area contributed by atoms with E-state index in [9.17, 15) is 9.59 Å². The molecule has 0 aliphatic carbocycles. The summed E-state index contributed by atoms with van der Waals surface area (Å²) in [6, 6.07) is 5.09. The Balaban J connectivity index is 1.70. The number of rotatable bonds is 7. The average molecular weight is 509 g/mol. The number of nitrogen functional groups attached to an aromatic ring is 1. The number of nitrogens with zero attached hydrogens (tertiary/aromatic N) is 4. The first kappa shape index (κ1) is 25.2. The molecule has 0 saturated carbocycles. The van der Waals surface area contributed by atoms with Crippen molar-refractivity contribution in [2.45, 2.75) is 32.6 Å². The van der Waals surface area contributed by atoms with E-state index in [-0.39, 0.29) is 23.3 Å². The third kappa shape index (κ3) is 4.66. The van der Waals surface area contributed by atoms with Gasteiger partial charge >= 0.3 is 0 Å². The summed E-state index contributed by atoms with van der Waals surface area (Å²) in [5.41, 5.74) is 9.01. The standard InChI is InChI=1S/C26H29ClN6O3/c1-4-17(32-13-6-5-7-22(32)34)9-8-16(2)31-14-12-19-23(25(28)29)30-33(24(19)26(31)35)18-10-11-21(36-3)20(27)15-18/h4,8-11,15H,1,5-7,12-14H2,2-3H3,(H3,28,29)/b16-8+,17-9+. The van der Waals surface area contributed by atoms with Crippen LogP contribution in [0.1, 0.15) is 47.9 Å². The van der Waals surface area contributed by atoms with Gasteiger partial charge in [-0.15, -0.1) is 0 Å². The van der Waals surface area contributed by atoms with Gasteiger partial charge in [0, 0.05) is 36.5 Å². The molecule has 0 bridgehead atoms. The summed E-state index contributed by atoms with van der Waals surface area (Å²) in [6.07, 6.45) is 8.14. The molecule has 2 aromatic rings. The number of piperidine rings is 1. The van der Waals surface area contributed by atoms with Crippen LogP contribution in [-0.2, 0) is 11.2 Å². The van der Waals surface area contributed by atoms with Crippen LogP contribution in [0, 0.1) is 5.41 Å². The number of nitrogens with one attached hydrogen (secondary N) is 1. The molecule has 10 heteroatoms. The van der Waals surface area contributed by atoms with Gasteiger partial charge in [-0.1, -0.05) is 18.2 Å². The Bertz CT molecular complexity index is 1310. The van der Waals surface area contributed by atoms with Crippen LogP contribution in [0.15, 0.2) is 54.4 Å². The number of benzene rings is 1. The molecular formula is C26H29ClN6O3. The lowest BCUT2D eigenvalue weighted by Crippen LogP contribution is -2.37. The van der Waals surface area contributed by atoms with Crippen LogP contribution < -0.4 is 10.5 Å². The highest BCUT2D eigenvalue weighted by molar-refractivity contribution is 6.32. The number of hydrogen-bond acceptors (Lipinski definition) is 5. The van der Waals surface area contributed by atoms with Crippen molar-refractivity contribution in [3.63, 3.8) is 0 Å². The van der Waals surface area contributed by atoms with Crippen LogP contribution >= 0.6 is 11.6 Å². The molecular weight excluding hydrogens is 480 g/mol. The van der Waals surface area contributed by atoms with Crippen LogP contribution in [0.2, 0.25) is 5.02 Å². The molecule has 188 valence electrons. The fraction of sp³-hybridized carbons (Fsp3) is 0.308. The average Bonchev–Trinajstić information content (AvgIpc) is 3.26. The van der Waals surface area contributed by atoms with Crippen LogP contribution in [-0.4, -0.2) is 57.4 Å². The highest BCUT2D eigenvalue weighted by atomic mass is 35.5. The van der Waals surface area contributed by atoms with Gasteiger partial charge in [0.1, 0.15) is 23.0 Å². The number of hydrogen-bond donors (Lipinski definition) is 2. The summed E-state index contributed by atoms with van der Waals surface area (Å²) in [7, 11) is 1.52. The molecule has 1 saturated heterocycles. The van der Waals surface area contributed by atoms with E-state index < -0.39 is 0 Å². The second kappa shape index (κ2) is 10.4. The molecule has 2 amide bonds. The molecule has 36 heavy (non-hydrogen) atoms. The third-order valence-corrected chi connectivity index (χ3v) is 6.71. The van der Waals surface area contributed by atoms with Crippen LogP contribution in [0.3, 0.4) is 0 Å². The molecule has 0 radical (unpaired) electrons. The monoisotopic (exact) mass is 508 g/mol. The minimum absolute atomic E-state index is 0.0796. The number of fused-ring (bicyclic) bond motifs is 1. The predicted molar refractivity (Wildman–Crippen MR) is 138 cm³/mol. The Morgan fingerprint density at radius 2 is 1.97 bits per heavy atom. The van der Waals surface area contributed by atoms with E-state index in [4.69, 9.17) is 27.5 Å². The lowest BCUT2D eigenvalue weighted by Gasteiger charge is -2.29. The topological polar surface area (TPSA) is 118 Å². The van der Waals surface area contributed by atoms with Crippen molar-refractivity contribution >= 4 is 29.3 Å². The largest absolute Gasteiger partial charge is 0.495 e. The van der Waals surface area contributed by atoms with E-state index in [0.717, 1.165) is 12.8 Å².